The molecule has 0 aromatic heterocycles. The number of rotatable bonds is 7. The smallest absolute Gasteiger partial charge is 0.335 e. The Hall–Kier alpha value is -2.98. The number of likely N-dealkylation sites (tertiary alicyclic amines) is 1. The van der Waals surface area contributed by atoms with E-state index < -0.39 is 33.5 Å². The Morgan fingerprint density at radius 1 is 1.12 bits per heavy atom. The number of ether oxygens (including phenoxy) is 1. The van der Waals surface area contributed by atoms with Crippen LogP contribution in [0.4, 0.5) is 4.39 Å². The van der Waals surface area contributed by atoms with Crippen LogP contribution in [-0.4, -0.2) is 55.0 Å². The van der Waals surface area contributed by atoms with E-state index >= 15 is 0 Å². The molecule has 2 N–H and O–H groups in total. The van der Waals surface area contributed by atoms with E-state index in [0.29, 0.717) is 31.7 Å². The quantitative estimate of drug-likeness (QED) is 0.651. The van der Waals surface area contributed by atoms with Gasteiger partial charge >= 0.3 is 5.97 Å². The standard InChI is InChI=1S/C22H25FN2O6S/c1-22(2,31-18-8-6-16(23)7-9-18)21(28)25-12-10-17(11-13-25)24-32(29,30)19-5-3-4-15(14-19)20(26)27/h3-9,14,17,24H,10-13H2,1-2H3,(H,26,27). The van der Waals surface area contributed by atoms with Crippen molar-refractivity contribution in [1.29, 1.82) is 0 Å². The summed E-state index contributed by atoms with van der Waals surface area (Å²) < 4.78 is 46.7. The number of carbonyl (C=O) groups excluding carboxylic acids is 1. The highest BCUT2D eigenvalue weighted by Crippen LogP contribution is 2.23. The highest BCUT2D eigenvalue weighted by molar-refractivity contribution is 7.89. The highest BCUT2D eigenvalue weighted by atomic mass is 32.2. The summed E-state index contributed by atoms with van der Waals surface area (Å²) in [4.78, 5) is 25.5. The lowest BCUT2D eigenvalue weighted by Crippen LogP contribution is -2.53. The van der Waals surface area contributed by atoms with Gasteiger partial charge in [0.25, 0.3) is 5.91 Å². The molecule has 0 bridgehead atoms. The minimum atomic E-state index is -3.90. The monoisotopic (exact) mass is 464 g/mol. The number of halogens is 1. The lowest BCUT2D eigenvalue weighted by atomic mass is 10.0. The van der Waals surface area contributed by atoms with Gasteiger partial charge in [-0.2, -0.15) is 0 Å². The number of carbonyl (C=O) groups is 2. The number of nitrogens with one attached hydrogen (secondary N) is 1. The summed E-state index contributed by atoms with van der Waals surface area (Å²) in [7, 11) is -3.90. The van der Waals surface area contributed by atoms with Gasteiger partial charge in [-0.15, -0.1) is 0 Å². The predicted octanol–water partition coefficient (Wildman–Crippen LogP) is 2.65. The maximum Gasteiger partial charge on any atom is 0.335 e. The third kappa shape index (κ3) is 5.63. The van der Waals surface area contributed by atoms with E-state index in [-0.39, 0.29) is 16.4 Å². The molecule has 172 valence electrons. The first-order valence-electron chi connectivity index (χ1n) is 10.1. The van der Waals surface area contributed by atoms with Crippen molar-refractivity contribution < 1.29 is 32.2 Å². The number of hydrogen-bond donors (Lipinski definition) is 2. The molecule has 1 amide bonds. The minimum Gasteiger partial charge on any atom is -0.478 e. The first-order valence-corrected chi connectivity index (χ1v) is 11.6. The van der Waals surface area contributed by atoms with Crippen molar-refractivity contribution >= 4 is 21.9 Å². The van der Waals surface area contributed by atoms with Crippen molar-refractivity contribution in [3.63, 3.8) is 0 Å². The lowest BCUT2D eigenvalue weighted by molar-refractivity contribution is -0.146. The van der Waals surface area contributed by atoms with Crippen LogP contribution in [-0.2, 0) is 14.8 Å². The second-order valence-corrected chi connectivity index (χ2v) is 9.80. The summed E-state index contributed by atoms with van der Waals surface area (Å²) in [5.41, 5.74) is -1.29. The summed E-state index contributed by atoms with van der Waals surface area (Å²) in [6, 6.07) is 10.2. The van der Waals surface area contributed by atoms with E-state index in [1.54, 1.807) is 18.7 Å². The number of aromatic carboxylic acids is 1. The van der Waals surface area contributed by atoms with Crippen molar-refractivity contribution in [3.8, 4) is 5.75 Å². The third-order valence-electron chi connectivity index (χ3n) is 5.20. The molecule has 1 aliphatic heterocycles. The fourth-order valence-corrected chi connectivity index (χ4v) is 4.86. The molecule has 2 aromatic carbocycles. The molecule has 1 saturated heterocycles. The van der Waals surface area contributed by atoms with Crippen LogP contribution in [0.25, 0.3) is 0 Å². The molecule has 2 aromatic rings. The molecule has 1 heterocycles. The van der Waals surface area contributed by atoms with Crippen LogP contribution < -0.4 is 9.46 Å². The number of sulfonamides is 1. The first kappa shape index (κ1) is 23.7. The van der Waals surface area contributed by atoms with Crippen molar-refractivity contribution in [3.05, 3.63) is 59.9 Å². The summed E-state index contributed by atoms with van der Waals surface area (Å²) in [6.07, 6.45) is 0.798. The molecule has 8 nitrogen and oxygen atoms in total. The Labute approximate surface area is 186 Å². The molecule has 0 spiro atoms. The van der Waals surface area contributed by atoms with Gasteiger partial charge in [-0.3, -0.25) is 4.79 Å². The van der Waals surface area contributed by atoms with E-state index in [0.717, 1.165) is 6.07 Å². The summed E-state index contributed by atoms with van der Waals surface area (Å²) in [5.74, 6) is -1.49. The van der Waals surface area contributed by atoms with Crippen LogP contribution in [0.3, 0.4) is 0 Å². The van der Waals surface area contributed by atoms with E-state index in [1.807, 2.05) is 0 Å². The van der Waals surface area contributed by atoms with Crippen molar-refractivity contribution in [2.24, 2.45) is 0 Å². The Morgan fingerprint density at radius 3 is 2.34 bits per heavy atom. The average Bonchev–Trinajstić information content (AvgIpc) is 2.75. The fraction of sp³-hybridized carbons (Fsp3) is 0.364. The summed E-state index contributed by atoms with van der Waals surface area (Å²) in [5, 5.41) is 9.07. The van der Waals surface area contributed by atoms with Crippen molar-refractivity contribution in [2.75, 3.05) is 13.1 Å². The second kappa shape index (κ2) is 9.25. The predicted molar refractivity (Wildman–Crippen MR) is 114 cm³/mol. The molecule has 32 heavy (non-hydrogen) atoms. The van der Waals surface area contributed by atoms with Gasteiger partial charge in [0.1, 0.15) is 11.6 Å². The zero-order valence-corrected chi connectivity index (χ0v) is 18.6. The van der Waals surface area contributed by atoms with Gasteiger partial charge in [-0.05, 0) is 69.2 Å². The number of amides is 1. The van der Waals surface area contributed by atoms with Gasteiger partial charge in [-0.1, -0.05) is 6.07 Å². The van der Waals surface area contributed by atoms with Gasteiger partial charge in [0.05, 0.1) is 10.5 Å². The number of piperidine rings is 1. The average molecular weight is 465 g/mol. The molecule has 1 fully saturated rings. The van der Waals surface area contributed by atoms with Gasteiger partial charge in [0.15, 0.2) is 5.60 Å². The number of carboxylic acids is 1. The number of hydrogen-bond acceptors (Lipinski definition) is 5. The van der Waals surface area contributed by atoms with Crippen LogP contribution >= 0.6 is 0 Å². The van der Waals surface area contributed by atoms with E-state index in [9.17, 15) is 22.4 Å². The molecule has 1 aliphatic rings. The fourth-order valence-electron chi connectivity index (χ4n) is 3.51. The maximum absolute atomic E-state index is 13.1. The van der Waals surface area contributed by atoms with Crippen LogP contribution in [0.5, 0.6) is 5.75 Å². The topological polar surface area (TPSA) is 113 Å². The van der Waals surface area contributed by atoms with Crippen LogP contribution in [0, 0.1) is 5.82 Å². The van der Waals surface area contributed by atoms with Crippen molar-refractivity contribution in [2.45, 2.75) is 43.2 Å². The SMILES string of the molecule is CC(C)(Oc1ccc(F)cc1)C(=O)N1CCC(NS(=O)(=O)c2cccc(C(=O)O)c2)CC1. The highest BCUT2D eigenvalue weighted by Gasteiger charge is 2.36. The zero-order valence-electron chi connectivity index (χ0n) is 17.7. The molecule has 0 aliphatic carbocycles. The number of nitrogens with zero attached hydrogens (tertiary/aromatic N) is 1. The van der Waals surface area contributed by atoms with E-state index in [1.165, 1.54) is 42.5 Å². The first-order chi connectivity index (χ1) is 15.0. The summed E-state index contributed by atoms with van der Waals surface area (Å²) in [6.45, 7) is 3.92. The Kier molecular flexibility index (Phi) is 6.85. The minimum absolute atomic E-state index is 0.114. The van der Waals surface area contributed by atoms with Gasteiger partial charge < -0.3 is 14.7 Å². The van der Waals surface area contributed by atoms with E-state index in [2.05, 4.69) is 4.72 Å². The largest absolute Gasteiger partial charge is 0.478 e. The Morgan fingerprint density at radius 2 is 1.75 bits per heavy atom. The van der Waals surface area contributed by atoms with Crippen LogP contribution in [0.15, 0.2) is 53.4 Å². The van der Waals surface area contributed by atoms with Crippen molar-refractivity contribution in [1.82, 2.24) is 9.62 Å². The van der Waals surface area contributed by atoms with Crippen LogP contribution in [0.1, 0.15) is 37.0 Å². The Balaban J connectivity index is 1.59. The molecular formula is C22H25FN2O6S. The zero-order chi connectivity index (χ0) is 23.5. The molecule has 0 saturated carbocycles. The molecular weight excluding hydrogens is 439 g/mol. The van der Waals surface area contributed by atoms with Gasteiger partial charge in [-0.25, -0.2) is 22.3 Å². The third-order valence-corrected chi connectivity index (χ3v) is 6.72. The molecule has 3 rings (SSSR count). The molecule has 0 radical (unpaired) electrons. The normalized spacial score (nSPS) is 15.4. The second-order valence-electron chi connectivity index (χ2n) is 8.09. The van der Waals surface area contributed by atoms with Crippen LogP contribution in [0.2, 0.25) is 0 Å². The molecule has 0 atom stereocenters. The van der Waals surface area contributed by atoms with E-state index in [4.69, 9.17) is 9.84 Å². The molecule has 0 unspecified atom stereocenters. The number of carboxylic acid groups (broad SMARTS) is 1. The number of benzene rings is 2. The maximum atomic E-state index is 13.1. The molecule has 10 heteroatoms. The van der Waals surface area contributed by atoms with Gasteiger partial charge in [0, 0.05) is 19.1 Å². The lowest BCUT2D eigenvalue weighted by Gasteiger charge is -2.37. The van der Waals surface area contributed by atoms with Gasteiger partial charge in [0.2, 0.25) is 10.0 Å². The summed E-state index contributed by atoms with van der Waals surface area (Å²) >= 11 is 0. The Bertz CT molecular complexity index is 1090.